The third-order valence-electron chi connectivity index (χ3n) is 8.60. The number of hydrogen-bond donors (Lipinski definition) is 1. The second-order valence-electron chi connectivity index (χ2n) is 10.7. The first kappa shape index (κ1) is 24.6. The summed E-state index contributed by atoms with van der Waals surface area (Å²) in [6, 6.07) is 28.0. The molecule has 6 heteroatoms. The van der Waals surface area contributed by atoms with Gasteiger partial charge in [-0.05, 0) is 47.9 Å². The van der Waals surface area contributed by atoms with Crippen molar-refractivity contribution in [3.63, 3.8) is 0 Å². The molecule has 1 saturated heterocycles. The van der Waals surface area contributed by atoms with Crippen LogP contribution in [0.25, 0.3) is 6.08 Å². The fourth-order valence-electron chi connectivity index (χ4n) is 6.89. The Hall–Kier alpha value is -4.48. The first-order valence-electron chi connectivity index (χ1n) is 13.3. The molecule has 1 N–H and O–H groups in total. The Morgan fingerprint density at radius 3 is 2.35 bits per heavy atom. The molecule has 3 aliphatic rings. The monoisotopic (exact) mass is 544 g/mol. The molecule has 4 unspecified atom stereocenters. The summed E-state index contributed by atoms with van der Waals surface area (Å²) < 4.78 is 0. The van der Waals surface area contributed by atoms with Gasteiger partial charge in [0.25, 0.3) is 0 Å². The highest BCUT2D eigenvalue weighted by Gasteiger charge is 2.70. The van der Waals surface area contributed by atoms with E-state index in [1.54, 1.807) is 36.4 Å². The van der Waals surface area contributed by atoms with Crippen LogP contribution >= 0.6 is 11.6 Å². The number of benzene rings is 4. The predicted molar refractivity (Wildman–Crippen MR) is 155 cm³/mol. The zero-order valence-corrected chi connectivity index (χ0v) is 22.4. The highest BCUT2D eigenvalue weighted by Crippen LogP contribution is 2.62. The lowest BCUT2D eigenvalue weighted by Gasteiger charge is -2.38. The summed E-state index contributed by atoms with van der Waals surface area (Å²) >= 11 is 6.55. The van der Waals surface area contributed by atoms with E-state index in [0.29, 0.717) is 21.8 Å². The molecule has 1 amide bonds. The van der Waals surface area contributed by atoms with Crippen LogP contribution in [-0.4, -0.2) is 28.4 Å². The molecular formula is C34H25ClN2O3. The number of ketones is 2. The minimum absolute atomic E-state index is 0.252. The fraction of sp³-hybridized carbons (Fsp3) is 0.147. The van der Waals surface area contributed by atoms with Gasteiger partial charge in [0.15, 0.2) is 11.6 Å². The van der Waals surface area contributed by atoms with Crippen LogP contribution in [-0.2, 0) is 10.2 Å². The van der Waals surface area contributed by atoms with Crippen molar-refractivity contribution in [2.75, 3.05) is 5.32 Å². The maximum Gasteiger partial charge on any atom is 0.238 e. The van der Waals surface area contributed by atoms with E-state index in [1.807, 2.05) is 84.8 Å². The molecule has 40 heavy (non-hydrogen) atoms. The first-order valence-corrected chi connectivity index (χ1v) is 13.7. The van der Waals surface area contributed by atoms with E-state index in [-0.39, 0.29) is 17.5 Å². The average Bonchev–Trinajstić information content (AvgIpc) is 3.45. The second kappa shape index (κ2) is 9.04. The number of nitrogens with one attached hydrogen (secondary N) is 1. The van der Waals surface area contributed by atoms with Gasteiger partial charge in [-0.3, -0.25) is 14.4 Å². The van der Waals surface area contributed by atoms with Gasteiger partial charge in [0.1, 0.15) is 11.5 Å². The van der Waals surface area contributed by atoms with Crippen molar-refractivity contribution in [1.29, 1.82) is 0 Å². The molecule has 5 nitrogen and oxygen atoms in total. The molecule has 4 aromatic rings. The lowest BCUT2D eigenvalue weighted by Crippen LogP contribution is -2.49. The number of rotatable bonds is 4. The molecule has 7 rings (SSSR count). The number of amides is 1. The Morgan fingerprint density at radius 2 is 1.55 bits per heavy atom. The van der Waals surface area contributed by atoms with E-state index >= 15 is 0 Å². The maximum atomic E-state index is 14.7. The summed E-state index contributed by atoms with van der Waals surface area (Å²) in [6.07, 6.45) is 3.81. The molecule has 0 bridgehead atoms. The van der Waals surface area contributed by atoms with Gasteiger partial charge in [0.05, 0.1) is 17.0 Å². The highest BCUT2D eigenvalue weighted by molar-refractivity contribution is 6.34. The van der Waals surface area contributed by atoms with Crippen LogP contribution in [0.15, 0.2) is 103 Å². The predicted octanol–water partition coefficient (Wildman–Crippen LogP) is 6.63. The van der Waals surface area contributed by atoms with E-state index in [9.17, 15) is 14.4 Å². The van der Waals surface area contributed by atoms with Crippen LogP contribution < -0.4 is 5.32 Å². The van der Waals surface area contributed by atoms with Crippen molar-refractivity contribution >= 4 is 40.8 Å². The van der Waals surface area contributed by atoms with Crippen molar-refractivity contribution in [3.8, 4) is 0 Å². The summed E-state index contributed by atoms with van der Waals surface area (Å²) in [6.45, 7) is 1.96. The zero-order chi connectivity index (χ0) is 27.6. The van der Waals surface area contributed by atoms with E-state index in [2.05, 4.69) is 5.32 Å². The SMILES string of the molecule is Cc1ccc(C(=O)C2C(C(=O)c3ccccc3Cl)N3C=Cc4ccccc4C3C23C(=O)Nc2ccccc23)cc1. The van der Waals surface area contributed by atoms with Crippen LogP contribution in [0.3, 0.4) is 0 Å². The Morgan fingerprint density at radius 1 is 0.850 bits per heavy atom. The number of fused-ring (bicyclic) bond motifs is 6. The van der Waals surface area contributed by atoms with Crippen molar-refractivity contribution in [1.82, 2.24) is 4.90 Å². The molecule has 4 aromatic carbocycles. The molecule has 0 aliphatic carbocycles. The second-order valence-corrected chi connectivity index (χ2v) is 11.1. The van der Waals surface area contributed by atoms with Crippen LogP contribution in [0.2, 0.25) is 5.02 Å². The summed E-state index contributed by atoms with van der Waals surface area (Å²) in [5.41, 5.74) is 3.67. The highest BCUT2D eigenvalue weighted by atomic mass is 35.5. The molecule has 1 spiro atoms. The Labute approximate surface area is 237 Å². The van der Waals surface area contributed by atoms with Crippen molar-refractivity contribution < 1.29 is 14.4 Å². The molecule has 0 saturated carbocycles. The number of hydrogen-bond acceptors (Lipinski definition) is 4. The molecule has 3 heterocycles. The van der Waals surface area contributed by atoms with Gasteiger partial charge >= 0.3 is 0 Å². The van der Waals surface area contributed by atoms with Gasteiger partial charge in [-0.1, -0.05) is 96.0 Å². The van der Waals surface area contributed by atoms with Gasteiger partial charge in [0, 0.05) is 23.0 Å². The Kier molecular flexibility index (Phi) is 5.55. The molecule has 0 aromatic heterocycles. The van der Waals surface area contributed by atoms with Crippen molar-refractivity contribution in [2.24, 2.45) is 5.92 Å². The molecule has 0 radical (unpaired) electrons. The number of carbonyl (C=O) groups excluding carboxylic acids is 3. The molecule has 1 fully saturated rings. The maximum absolute atomic E-state index is 14.7. The van der Waals surface area contributed by atoms with Gasteiger partial charge in [-0.15, -0.1) is 0 Å². The number of anilines is 1. The molecular weight excluding hydrogens is 520 g/mol. The van der Waals surface area contributed by atoms with Crippen molar-refractivity contribution in [3.05, 3.63) is 142 Å². The van der Waals surface area contributed by atoms with Gasteiger partial charge in [-0.2, -0.15) is 0 Å². The Bertz CT molecular complexity index is 1740. The number of nitrogens with zero attached hydrogens (tertiary/aromatic N) is 1. The number of aryl methyl sites for hydroxylation is 1. The van der Waals surface area contributed by atoms with Crippen LogP contribution in [0, 0.1) is 12.8 Å². The van der Waals surface area contributed by atoms with Crippen molar-refractivity contribution in [2.45, 2.75) is 24.4 Å². The van der Waals surface area contributed by atoms with E-state index < -0.39 is 23.4 Å². The standard InChI is InChI=1S/C34H25ClN2O3/c1-20-14-16-22(17-15-20)30(38)28-29(31(39)24-10-4-6-12-26(24)35)37-19-18-21-8-2-3-9-23(21)32(37)34(28)25-11-5-7-13-27(25)36-33(34)40/h2-19,28-29,32H,1H3,(H,36,40). The number of halogens is 1. The molecule has 3 aliphatic heterocycles. The number of Topliss-reactive ketones (excluding diaryl/α,β-unsaturated/α-hetero) is 2. The van der Waals surface area contributed by atoms with Crippen LogP contribution in [0.4, 0.5) is 5.69 Å². The summed E-state index contributed by atoms with van der Waals surface area (Å²) in [7, 11) is 0. The fourth-order valence-corrected chi connectivity index (χ4v) is 7.11. The van der Waals surface area contributed by atoms with Gasteiger partial charge in [0.2, 0.25) is 5.91 Å². The minimum Gasteiger partial charge on any atom is -0.358 e. The molecule has 4 atom stereocenters. The molecule has 196 valence electrons. The summed E-state index contributed by atoms with van der Waals surface area (Å²) in [4.78, 5) is 45.7. The zero-order valence-electron chi connectivity index (χ0n) is 21.7. The minimum atomic E-state index is -1.36. The number of carbonyl (C=O) groups is 3. The largest absolute Gasteiger partial charge is 0.358 e. The average molecular weight is 545 g/mol. The third kappa shape index (κ3) is 3.31. The van der Waals surface area contributed by atoms with E-state index in [0.717, 1.165) is 22.3 Å². The normalized spacial score (nSPS) is 23.9. The summed E-state index contributed by atoms with van der Waals surface area (Å²) in [5, 5.41) is 3.38. The summed E-state index contributed by atoms with van der Waals surface area (Å²) in [5.74, 6) is -1.85. The Balaban J connectivity index is 1.55. The third-order valence-corrected chi connectivity index (χ3v) is 8.93. The van der Waals surface area contributed by atoms with Gasteiger partial charge in [-0.25, -0.2) is 0 Å². The topological polar surface area (TPSA) is 66.5 Å². The lowest BCUT2D eigenvalue weighted by atomic mass is 9.62. The number of para-hydroxylation sites is 1. The first-order chi connectivity index (χ1) is 19.4. The van der Waals surface area contributed by atoms with Crippen LogP contribution in [0.1, 0.15) is 49.0 Å². The van der Waals surface area contributed by atoms with Gasteiger partial charge < -0.3 is 10.2 Å². The lowest BCUT2D eigenvalue weighted by molar-refractivity contribution is -0.122. The quantitative estimate of drug-likeness (QED) is 0.293. The van der Waals surface area contributed by atoms with Crippen LogP contribution in [0.5, 0.6) is 0 Å². The van der Waals surface area contributed by atoms with E-state index in [4.69, 9.17) is 11.6 Å². The smallest absolute Gasteiger partial charge is 0.238 e. The van der Waals surface area contributed by atoms with E-state index in [1.165, 1.54) is 0 Å².